The van der Waals surface area contributed by atoms with Gasteiger partial charge < -0.3 is 15.5 Å². The van der Waals surface area contributed by atoms with Crippen molar-refractivity contribution in [2.75, 3.05) is 0 Å². The van der Waals surface area contributed by atoms with Gasteiger partial charge in [0.15, 0.2) is 0 Å². The van der Waals surface area contributed by atoms with Crippen LogP contribution < -0.4 is 5.32 Å². The number of hydrogen-bond acceptors (Lipinski definition) is 3. The highest BCUT2D eigenvalue weighted by molar-refractivity contribution is 5.84. The summed E-state index contributed by atoms with van der Waals surface area (Å²) in [5.74, 6) is 6.13. The van der Waals surface area contributed by atoms with Gasteiger partial charge in [0, 0.05) is 18.2 Å². The Morgan fingerprint density at radius 2 is 1.63 bits per heavy atom. The van der Waals surface area contributed by atoms with E-state index in [0.717, 1.165) is 64.7 Å². The van der Waals surface area contributed by atoms with Crippen molar-refractivity contribution in [2.24, 2.45) is 52.3 Å². The summed E-state index contributed by atoms with van der Waals surface area (Å²) in [4.78, 5) is 0. The highest BCUT2D eigenvalue weighted by Crippen LogP contribution is 2.68. The number of aliphatic hydroxyl groups is 1. The molecule has 2 aromatic rings. The third-order valence-corrected chi connectivity index (χ3v) is 13.4. The van der Waals surface area contributed by atoms with Crippen LogP contribution in [0.25, 0.3) is 10.8 Å². The Kier molecular flexibility index (Phi) is 8.27. The summed E-state index contributed by atoms with van der Waals surface area (Å²) in [6.07, 6.45) is 14.3. The van der Waals surface area contributed by atoms with E-state index in [1.165, 1.54) is 57.8 Å². The summed E-state index contributed by atoms with van der Waals surface area (Å²) in [5, 5.41) is 28.0. The van der Waals surface area contributed by atoms with E-state index >= 15 is 0 Å². The fourth-order valence-electron chi connectivity index (χ4n) is 11.2. The first-order valence-corrected chi connectivity index (χ1v) is 17.2. The van der Waals surface area contributed by atoms with Gasteiger partial charge in [0.2, 0.25) is 0 Å². The Labute approximate surface area is 249 Å². The predicted molar refractivity (Wildman–Crippen MR) is 171 cm³/mol. The van der Waals surface area contributed by atoms with Crippen LogP contribution in [0.5, 0.6) is 5.75 Å². The highest BCUT2D eigenvalue weighted by atomic mass is 16.3. The van der Waals surface area contributed by atoms with Crippen LogP contribution in [0.15, 0.2) is 36.4 Å². The molecule has 6 rings (SSSR count). The lowest BCUT2D eigenvalue weighted by Crippen LogP contribution is -2.59. The predicted octanol–water partition coefficient (Wildman–Crippen LogP) is 9.10. The molecular weight excluding hydrogens is 502 g/mol. The van der Waals surface area contributed by atoms with Gasteiger partial charge in [-0.2, -0.15) is 0 Å². The van der Waals surface area contributed by atoms with Crippen LogP contribution in [-0.4, -0.2) is 22.4 Å². The summed E-state index contributed by atoms with van der Waals surface area (Å²) < 4.78 is 0. The smallest absolute Gasteiger partial charge is 0.120 e. The maximum atomic E-state index is 11.3. The number of rotatable bonds is 8. The largest absolute Gasteiger partial charge is 0.508 e. The summed E-state index contributed by atoms with van der Waals surface area (Å²) in [6.45, 7) is 13.2. The zero-order valence-corrected chi connectivity index (χ0v) is 26.5. The average Bonchev–Trinajstić information content (AvgIpc) is 3.29. The number of nitrogens with one attached hydrogen (secondary N) is 1. The van der Waals surface area contributed by atoms with Gasteiger partial charge in [-0.05, 0) is 127 Å². The molecule has 0 spiro atoms. The van der Waals surface area contributed by atoms with Crippen LogP contribution in [0.4, 0.5) is 0 Å². The van der Waals surface area contributed by atoms with Gasteiger partial charge in [0.1, 0.15) is 5.75 Å². The molecule has 5 unspecified atom stereocenters. The summed E-state index contributed by atoms with van der Waals surface area (Å²) >= 11 is 0. The maximum absolute atomic E-state index is 11.3. The van der Waals surface area contributed by atoms with Crippen molar-refractivity contribution < 1.29 is 10.2 Å². The van der Waals surface area contributed by atoms with E-state index in [-0.39, 0.29) is 12.1 Å². The molecule has 0 radical (unpaired) electrons. The molecule has 2 aromatic carbocycles. The molecule has 41 heavy (non-hydrogen) atoms. The van der Waals surface area contributed by atoms with E-state index in [1.807, 2.05) is 18.2 Å². The number of phenols is 1. The number of fused-ring (bicyclic) bond motifs is 6. The average molecular weight is 560 g/mol. The van der Waals surface area contributed by atoms with E-state index in [0.29, 0.717) is 29.0 Å². The van der Waals surface area contributed by atoms with Gasteiger partial charge in [-0.15, -0.1) is 0 Å². The summed E-state index contributed by atoms with van der Waals surface area (Å²) in [7, 11) is 0. The molecule has 3 nitrogen and oxygen atoms in total. The van der Waals surface area contributed by atoms with Crippen molar-refractivity contribution in [2.45, 2.75) is 124 Å². The normalized spacial score (nSPS) is 39.3. The highest BCUT2D eigenvalue weighted by Gasteiger charge is 2.61. The zero-order chi connectivity index (χ0) is 28.9. The number of aliphatic hydroxyl groups excluding tert-OH is 1. The summed E-state index contributed by atoms with van der Waals surface area (Å²) in [5.41, 5.74) is 1.76. The lowest BCUT2D eigenvalue weighted by Gasteiger charge is -2.62. The molecule has 4 saturated carbocycles. The second-order valence-corrected chi connectivity index (χ2v) is 16.0. The van der Waals surface area contributed by atoms with E-state index in [2.05, 4.69) is 58.1 Å². The standard InChI is InChI=1S/C38H57NO2/c1-24(2)9-8-10-25(3)31-15-16-32-30-14-13-29-21-36(41)34(22-38(29,5)33(30)17-18-37(31,32)4)39-23-28-19-26-11-6-7-12-27(26)20-35(28)40/h6-7,11-12,19-20,24-25,29-34,36,39-41H,8-10,13-18,21-23H2,1-5H3/t25?,29?,30?,31-,32?,33?,34-,36-,37-,38+/m1/s1. The van der Waals surface area contributed by atoms with Crippen molar-refractivity contribution in [1.29, 1.82) is 0 Å². The Morgan fingerprint density at radius 1 is 0.902 bits per heavy atom. The minimum absolute atomic E-state index is 0.0893. The third kappa shape index (κ3) is 5.37. The first-order chi connectivity index (χ1) is 19.6. The molecule has 3 heteroatoms. The van der Waals surface area contributed by atoms with Crippen molar-refractivity contribution >= 4 is 10.8 Å². The fourth-order valence-corrected chi connectivity index (χ4v) is 11.2. The van der Waals surface area contributed by atoms with Crippen LogP contribution in [0.2, 0.25) is 0 Å². The Bertz CT molecular complexity index is 1210. The SMILES string of the molecule is CC(C)CCCC(C)[C@H]1CCC2C3CCC4C[C@@H](O)[C@H](NCc5cc6ccccc6cc5O)C[C@]4(C)C3CC[C@@]21C. The van der Waals surface area contributed by atoms with Crippen LogP contribution >= 0.6 is 0 Å². The third-order valence-electron chi connectivity index (χ3n) is 13.4. The van der Waals surface area contributed by atoms with Gasteiger partial charge in [0.25, 0.3) is 0 Å². The van der Waals surface area contributed by atoms with Crippen LogP contribution in [0.3, 0.4) is 0 Å². The van der Waals surface area contributed by atoms with E-state index in [4.69, 9.17) is 0 Å². The molecule has 0 bridgehead atoms. The van der Waals surface area contributed by atoms with Crippen LogP contribution in [0.1, 0.15) is 111 Å². The first kappa shape index (κ1) is 29.5. The monoisotopic (exact) mass is 559 g/mol. The second kappa shape index (κ2) is 11.5. The number of aromatic hydroxyl groups is 1. The van der Waals surface area contributed by atoms with Crippen molar-refractivity contribution in [3.63, 3.8) is 0 Å². The van der Waals surface area contributed by atoms with Crippen molar-refractivity contribution in [3.8, 4) is 5.75 Å². The number of hydrogen-bond donors (Lipinski definition) is 3. The molecular formula is C38H57NO2. The molecule has 0 aliphatic heterocycles. The van der Waals surface area contributed by atoms with Gasteiger partial charge in [-0.3, -0.25) is 0 Å². The Balaban J connectivity index is 1.15. The first-order valence-electron chi connectivity index (χ1n) is 17.2. The van der Waals surface area contributed by atoms with E-state index in [1.54, 1.807) is 0 Å². The molecule has 226 valence electrons. The molecule has 0 amide bonds. The topological polar surface area (TPSA) is 52.5 Å². The van der Waals surface area contributed by atoms with Crippen LogP contribution in [-0.2, 0) is 6.54 Å². The van der Waals surface area contributed by atoms with Crippen molar-refractivity contribution in [3.05, 3.63) is 42.0 Å². The maximum Gasteiger partial charge on any atom is 0.120 e. The molecule has 4 aliphatic carbocycles. The van der Waals surface area contributed by atoms with Gasteiger partial charge in [-0.1, -0.05) is 78.1 Å². The molecule has 4 fully saturated rings. The van der Waals surface area contributed by atoms with Crippen molar-refractivity contribution in [1.82, 2.24) is 5.32 Å². The van der Waals surface area contributed by atoms with E-state index in [9.17, 15) is 10.2 Å². The summed E-state index contributed by atoms with van der Waals surface area (Å²) in [6, 6.07) is 12.3. The molecule has 10 atom stereocenters. The van der Waals surface area contributed by atoms with E-state index < -0.39 is 0 Å². The molecule has 0 heterocycles. The lowest BCUT2D eigenvalue weighted by molar-refractivity contribution is -0.137. The quantitative estimate of drug-likeness (QED) is 0.302. The van der Waals surface area contributed by atoms with Gasteiger partial charge in [-0.25, -0.2) is 0 Å². The number of benzene rings is 2. The number of phenolic OH excluding ortho intramolecular Hbond substituents is 1. The lowest BCUT2D eigenvalue weighted by atomic mass is 9.44. The Hall–Kier alpha value is -1.58. The van der Waals surface area contributed by atoms with Gasteiger partial charge in [0.05, 0.1) is 6.10 Å². The zero-order valence-electron chi connectivity index (χ0n) is 26.5. The molecule has 4 aliphatic rings. The Morgan fingerprint density at radius 3 is 2.39 bits per heavy atom. The minimum atomic E-state index is -0.302. The molecule has 0 aromatic heterocycles. The minimum Gasteiger partial charge on any atom is -0.508 e. The fraction of sp³-hybridized carbons (Fsp3) is 0.737. The molecule has 3 N–H and O–H groups in total. The van der Waals surface area contributed by atoms with Gasteiger partial charge >= 0.3 is 0 Å². The molecule has 0 saturated heterocycles. The van der Waals surface area contributed by atoms with Crippen LogP contribution in [0, 0.1) is 52.3 Å². The second-order valence-electron chi connectivity index (χ2n) is 16.0.